The van der Waals surface area contributed by atoms with Crippen molar-refractivity contribution in [1.82, 2.24) is 0 Å². The summed E-state index contributed by atoms with van der Waals surface area (Å²) in [5, 5.41) is 8.66. The Labute approximate surface area is 79.1 Å². The number of benzene rings is 1. The van der Waals surface area contributed by atoms with Crippen LogP contribution >= 0.6 is 0 Å². The van der Waals surface area contributed by atoms with Gasteiger partial charge in [0.2, 0.25) is 0 Å². The van der Waals surface area contributed by atoms with Crippen LogP contribution in [0, 0.1) is 0 Å². The highest BCUT2D eigenvalue weighted by Crippen LogP contribution is 2.18. The second kappa shape index (κ2) is 4.67. The quantitative estimate of drug-likeness (QED) is 0.760. The molecule has 13 heavy (non-hydrogen) atoms. The number of nitrogens with zero attached hydrogens (tertiary/aromatic N) is 1. The van der Waals surface area contributed by atoms with Crippen molar-refractivity contribution in [3.63, 3.8) is 0 Å². The van der Waals surface area contributed by atoms with E-state index in [4.69, 9.17) is 5.11 Å². The lowest BCUT2D eigenvalue weighted by Crippen LogP contribution is -2.09. The van der Waals surface area contributed by atoms with Gasteiger partial charge >= 0.3 is 0 Å². The fraction of sp³-hybridized carbons (Fsp3) is 0.273. The van der Waals surface area contributed by atoms with E-state index in [1.807, 2.05) is 38.4 Å². The molecule has 0 heterocycles. The molecule has 0 saturated heterocycles. The van der Waals surface area contributed by atoms with Crippen LogP contribution in [0.2, 0.25) is 0 Å². The Hall–Kier alpha value is -1.28. The van der Waals surface area contributed by atoms with Gasteiger partial charge < -0.3 is 10.0 Å². The number of hydrogen-bond donors (Lipinski definition) is 1. The highest BCUT2D eigenvalue weighted by Gasteiger charge is 1.98. The molecule has 0 aliphatic heterocycles. The summed E-state index contributed by atoms with van der Waals surface area (Å²) in [4.78, 5) is 2.05. The number of anilines is 1. The van der Waals surface area contributed by atoms with Gasteiger partial charge in [0.25, 0.3) is 0 Å². The molecule has 0 aliphatic rings. The molecule has 0 saturated carbocycles. The number of para-hydroxylation sites is 1. The molecule has 0 aliphatic carbocycles. The van der Waals surface area contributed by atoms with Gasteiger partial charge in [0.1, 0.15) is 0 Å². The Morgan fingerprint density at radius 3 is 2.62 bits per heavy atom. The van der Waals surface area contributed by atoms with E-state index in [1.54, 1.807) is 6.08 Å². The molecule has 2 nitrogen and oxygen atoms in total. The van der Waals surface area contributed by atoms with Crippen LogP contribution in [0.25, 0.3) is 6.08 Å². The molecule has 1 rings (SSSR count). The molecule has 1 aromatic rings. The summed E-state index contributed by atoms with van der Waals surface area (Å²) in [6.07, 6.45) is 3.66. The molecule has 2 heteroatoms. The van der Waals surface area contributed by atoms with Crippen LogP contribution in [0.15, 0.2) is 30.3 Å². The van der Waals surface area contributed by atoms with Crippen molar-refractivity contribution in [2.24, 2.45) is 0 Å². The molecule has 0 spiro atoms. The molecule has 1 N–H and O–H groups in total. The van der Waals surface area contributed by atoms with Crippen LogP contribution in [0.4, 0.5) is 5.69 Å². The Bertz CT molecular complexity index is 292. The van der Waals surface area contributed by atoms with E-state index in [-0.39, 0.29) is 6.61 Å². The summed E-state index contributed by atoms with van der Waals surface area (Å²) in [5.74, 6) is 0. The van der Waals surface area contributed by atoms with Crippen LogP contribution in [0.3, 0.4) is 0 Å². The highest BCUT2D eigenvalue weighted by molar-refractivity contribution is 5.67. The maximum absolute atomic E-state index is 8.66. The largest absolute Gasteiger partial charge is 0.392 e. The summed E-state index contributed by atoms with van der Waals surface area (Å²) >= 11 is 0. The average Bonchev–Trinajstić information content (AvgIpc) is 2.15. The lowest BCUT2D eigenvalue weighted by Gasteiger charge is -2.15. The van der Waals surface area contributed by atoms with Crippen molar-refractivity contribution in [2.45, 2.75) is 0 Å². The van der Waals surface area contributed by atoms with Gasteiger partial charge in [-0.15, -0.1) is 0 Å². The van der Waals surface area contributed by atoms with E-state index in [2.05, 4.69) is 11.0 Å². The molecular weight excluding hydrogens is 162 g/mol. The van der Waals surface area contributed by atoms with Gasteiger partial charge in [-0.25, -0.2) is 0 Å². The Morgan fingerprint density at radius 1 is 1.31 bits per heavy atom. The Balaban J connectivity index is 2.97. The molecule has 0 aromatic heterocycles. The van der Waals surface area contributed by atoms with Crippen molar-refractivity contribution < 1.29 is 5.11 Å². The molecule has 0 unspecified atom stereocenters. The van der Waals surface area contributed by atoms with Gasteiger partial charge in [-0.05, 0) is 11.6 Å². The standard InChI is InChI=1S/C11H15NO/c1-12(2)11-8-4-3-6-10(11)7-5-9-13/h3-8,13H,9H2,1-2H3. The monoisotopic (exact) mass is 177 g/mol. The minimum Gasteiger partial charge on any atom is -0.392 e. The molecule has 1 aromatic carbocycles. The van der Waals surface area contributed by atoms with Crippen molar-refractivity contribution in [3.8, 4) is 0 Å². The van der Waals surface area contributed by atoms with E-state index in [9.17, 15) is 0 Å². The topological polar surface area (TPSA) is 23.5 Å². The molecular formula is C11H15NO. The third-order valence-corrected chi connectivity index (χ3v) is 1.82. The van der Waals surface area contributed by atoms with E-state index >= 15 is 0 Å². The molecule has 0 radical (unpaired) electrons. The summed E-state index contributed by atoms with van der Waals surface area (Å²) in [7, 11) is 4.01. The average molecular weight is 177 g/mol. The first-order valence-electron chi connectivity index (χ1n) is 4.29. The second-order valence-corrected chi connectivity index (χ2v) is 3.04. The zero-order valence-electron chi connectivity index (χ0n) is 8.07. The molecule has 0 bridgehead atoms. The maximum atomic E-state index is 8.66. The fourth-order valence-electron chi connectivity index (χ4n) is 1.22. The SMILES string of the molecule is CN(C)c1ccccc1C=CCO. The zero-order chi connectivity index (χ0) is 9.68. The second-order valence-electron chi connectivity index (χ2n) is 3.04. The maximum Gasteiger partial charge on any atom is 0.0615 e. The minimum absolute atomic E-state index is 0.0851. The minimum atomic E-state index is 0.0851. The Morgan fingerprint density at radius 2 is 2.00 bits per heavy atom. The first kappa shape index (κ1) is 9.81. The number of hydrogen-bond acceptors (Lipinski definition) is 2. The first-order valence-corrected chi connectivity index (χ1v) is 4.29. The molecule has 70 valence electrons. The summed E-state index contributed by atoms with van der Waals surface area (Å²) in [6.45, 7) is 0.0851. The van der Waals surface area contributed by atoms with Gasteiger partial charge in [0, 0.05) is 19.8 Å². The van der Waals surface area contributed by atoms with E-state index < -0.39 is 0 Å². The predicted molar refractivity (Wildman–Crippen MR) is 56.9 cm³/mol. The van der Waals surface area contributed by atoms with Crippen LogP contribution in [0.5, 0.6) is 0 Å². The summed E-state index contributed by atoms with van der Waals surface area (Å²) in [5.41, 5.74) is 2.29. The Kier molecular flexibility index (Phi) is 3.53. The normalized spacial score (nSPS) is 10.7. The lowest BCUT2D eigenvalue weighted by atomic mass is 10.1. The first-order chi connectivity index (χ1) is 6.25. The number of aliphatic hydroxyl groups excluding tert-OH is 1. The van der Waals surface area contributed by atoms with Gasteiger partial charge in [0.05, 0.1) is 6.61 Å². The molecule has 0 atom stereocenters. The van der Waals surface area contributed by atoms with E-state index in [0.29, 0.717) is 0 Å². The van der Waals surface area contributed by atoms with Crippen molar-refractivity contribution in [1.29, 1.82) is 0 Å². The predicted octanol–water partition coefficient (Wildman–Crippen LogP) is 1.76. The van der Waals surface area contributed by atoms with Gasteiger partial charge in [-0.2, -0.15) is 0 Å². The van der Waals surface area contributed by atoms with Crippen molar-refractivity contribution in [2.75, 3.05) is 25.6 Å². The van der Waals surface area contributed by atoms with Crippen LogP contribution in [-0.2, 0) is 0 Å². The zero-order valence-corrected chi connectivity index (χ0v) is 8.07. The third kappa shape index (κ3) is 2.60. The fourth-order valence-corrected chi connectivity index (χ4v) is 1.22. The number of aliphatic hydroxyl groups is 1. The van der Waals surface area contributed by atoms with Gasteiger partial charge in [-0.1, -0.05) is 30.4 Å². The van der Waals surface area contributed by atoms with Crippen LogP contribution in [-0.4, -0.2) is 25.8 Å². The van der Waals surface area contributed by atoms with Crippen molar-refractivity contribution in [3.05, 3.63) is 35.9 Å². The van der Waals surface area contributed by atoms with E-state index in [1.165, 1.54) is 0 Å². The smallest absolute Gasteiger partial charge is 0.0615 e. The van der Waals surface area contributed by atoms with Gasteiger partial charge in [0.15, 0.2) is 0 Å². The van der Waals surface area contributed by atoms with E-state index in [0.717, 1.165) is 11.3 Å². The lowest BCUT2D eigenvalue weighted by molar-refractivity contribution is 0.343. The van der Waals surface area contributed by atoms with Gasteiger partial charge in [-0.3, -0.25) is 0 Å². The molecule has 0 amide bonds. The van der Waals surface area contributed by atoms with Crippen LogP contribution < -0.4 is 4.90 Å². The van der Waals surface area contributed by atoms with Crippen molar-refractivity contribution >= 4 is 11.8 Å². The molecule has 0 fully saturated rings. The van der Waals surface area contributed by atoms with Crippen LogP contribution in [0.1, 0.15) is 5.56 Å². The summed E-state index contributed by atoms with van der Waals surface area (Å²) < 4.78 is 0. The summed E-state index contributed by atoms with van der Waals surface area (Å²) in [6, 6.07) is 8.08. The highest BCUT2D eigenvalue weighted by atomic mass is 16.2. The number of rotatable bonds is 3. The third-order valence-electron chi connectivity index (χ3n) is 1.82.